The molecule has 1 aliphatic heterocycles. The molecule has 4 aromatic rings. The fraction of sp³-hybridized carbons (Fsp3) is 0.143. The predicted molar refractivity (Wildman–Crippen MR) is 139 cm³/mol. The molecule has 0 unspecified atom stereocenters. The summed E-state index contributed by atoms with van der Waals surface area (Å²) in [4.78, 5) is 32.4. The molecule has 0 saturated heterocycles. The van der Waals surface area contributed by atoms with E-state index < -0.39 is 0 Å². The van der Waals surface area contributed by atoms with Crippen LogP contribution in [0.1, 0.15) is 27.0 Å². The van der Waals surface area contributed by atoms with Gasteiger partial charge < -0.3 is 15.2 Å². The van der Waals surface area contributed by atoms with Crippen molar-refractivity contribution in [3.63, 3.8) is 0 Å². The fourth-order valence-corrected chi connectivity index (χ4v) is 5.26. The van der Waals surface area contributed by atoms with Gasteiger partial charge in [-0.25, -0.2) is 0 Å². The van der Waals surface area contributed by atoms with E-state index in [2.05, 4.69) is 16.4 Å². The topological polar surface area (TPSA) is 65.2 Å². The lowest BCUT2D eigenvalue weighted by molar-refractivity contribution is -0.114. The number of H-pyrrole nitrogens is 1. The van der Waals surface area contributed by atoms with Crippen LogP contribution in [0.3, 0.4) is 0 Å². The minimum Gasteiger partial charge on any atom is -0.361 e. The van der Waals surface area contributed by atoms with Gasteiger partial charge in [-0.15, -0.1) is 0 Å². The van der Waals surface area contributed by atoms with Crippen LogP contribution in [-0.2, 0) is 11.2 Å². The van der Waals surface area contributed by atoms with Crippen LogP contribution in [0.5, 0.6) is 0 Å². The zero-order valence-electron chi connectivity index (χ0n) is 19.1. The molecule has 0 aliphatic carbocycles. The number of aromatic amines is 1. The van der Waals surface area contributed by atoms with Gasteiger partial charge in [-0.1, -0.05) is 54.2 Å². The number of aromatic nitrogens is 1. The Bertz CT molecular complexity index is 1440. The summed E-state index contributed by atoms with van der Waals surface area (Å²) < 4.78 is 0. The van der Waals surface area contributed by atoms with Crippen LogP contribution in [0.4, 0.5) is 5.69 Å². The van der Waals surface area contributed by atoms with Gasteiger partial charge in [-0.2, -0.15) is 0 Å². The van der Waals surface area contributed by atoms with Crippen LogP contribution >= 0.6 is 11.8 Å². The molecule has 1 aliphatic rings. The van der Waals surface area contributed by atoms with Gasteiger partial charge in [-0.05, 0) is 60.4 Å². The van der Waals surface area contributed by atoms with Gasteiger partial charge >= 0.3 is 0 Å². The number of aryl methyl sites for hydroxylation is 1. The van der Waals surface area contributed by atoms with Gasteiger partial charge in [0.15, 0.2) is 0 Å². The smallest absolute Gasteiger partial charge is 0.264 e. The summed E-state index contributed by atoms with van der Waals surface area (Å²) in [5.41, 5.74) is 5.72. The summed E-state index contributed by atoms with van der Waals surface area (Å²) in [5, 5.41) is 4.19. The molecule has 2 N–H and O–H groups in total. The van der Waals surface area contributed by atoms with E-state index in [1.807, 2.05) is 73.8 Å². The number of para-hydroxylation sites is 1. The first kappa shape index (κ1) is 22.0. The van der Waals surface area contributed by atoms with Crippen molar-refractivity contribution in [2.75, 3.05) is 18.5 Å². The molecule has 170 valence electrons. The van der Waals surface area contributed by atoms with E-state index in [-0.39, 0.29) is 11.8 Å². The predicted octanol–water partition coefficient (Wildman–Crippen LogP) is 5.56. The Kier molecular flexibility index (Phi) is 5.99. The van der Waals surface area contributed by atoms with Crippen molar-refractivity contribution in [3.8, 4) is 0 Å². The van der Waals surface area contributed by atoms with Crippen LogP contribution in [0.2, 0.25) is 0 Å². The monoisotopic (exact) mass is 467 g/mol. The van der Waals surface area contributed by atoms with Gasteiger partial charge in [0.05, 0.1) is 10.6 Å². The van der Waals surface area contributed by atoms with Crippen LogP contribution in [0.25, 0.3) is 17.0 Å². The highest BCUT2D eigenvalue weighted by Crippen LogP contribution is 2.42. The summed E-state index contributed by atoms with van der Waals surface area (Å²) in [5.74, 6) is -0.215. The van der Waals surface area contributed by atoms with E-state index in [4.69, 9.17) is 0 Å². The van der Waals surface area contributed by atoms with E-state index in [1.165, 1.54) is 22.7 Å². The molecule has 0 radical (unpaired) electrons. The number of hydrogen-bond acceptors (Lipinski definition) is 3. The number of benzene rings is 3. The van der Waals surface area contributed by atoms with E-state index in [1.54, 1.807) is 18.0 Å². The minimum absolute atomic E-state index is 0.0716. The second-order valence-electron chi connectivity index (χ2n) is 8.38. The van der Waals surface area contributed by atoms with Crippen molar-refractivity contribution in [1.82, 2.24) is 10.3 Å². The van der Waals surface area contributed by atoms with E-state index >= 15 is 0 Å². The third-order valence-electron chi connectivity index (χ3n) is 6.15. The molecule has 3 aromatic carbocycles. The Labute approximate surface area is 202 Å². The number of carbonyl (C=O) groups excluding carboxylic acids is 2. The molecular weight excluding hydrogens is 442 g/mol. The summed E-state index contributed by atoms with van der Waals surface area (Å²) in [7, 11) is 1.76. The molecule has 0 spiro atoms. The summed E-state index contributed by atoms with van der Waals surface area (Å²) >= 11 is 1.44. The van der Waals surface area contributed by atoms with E-state index in [0.717, 1.165) is 33.6 Å². The Morgan fingerprint density at radius 2 is 1.88 bits per heavy atom. The van der Waals surface area contributed by atoms with Crippen molar-refractivity contribution in [2.45, 2.75) is 18.2 Å². The highest BCUT2D eigenvalue weighted by molar-refractivity contribution is 8.04. The zero-order valence-corrected chi connectivity index (χ0v) is 19.9. The van der Waals surface area contributed by atoms with Crippen LogP contribution in [0, 0.1) is 6.92 Å². The molecular formula is C28H25N3O2S. The lowest BCUT2D eigenvalue weighted by Crippen LogP contribution is -2.31. The molecule has 0 saturated carbocycles. The van der Waals surface area contributed by atoms with E-state index in [0.29, 0.717) is 17.0 Å². The fourth-order valence-electron chi connectivity index (χ4n) is 4.18. The molecule has 0 fully saturated rings. The number of nitrogens with zero attached hydrogens (tertiary/aromatic N) is 1. The standard InChI is InChI=1S/C28H25N3O2S/c1-18-7-3-4-8-19(18)16-26-28(33)31(2)24-15-20(11-12-25(24)34-26)27(32)29-14-13-21-17-30-23-10-6-5-9-22(21)23/h3-12,15-17,30H,13-14H2,1-2H3,(H,29,32). The minimum atomic E-state index is -0.144. The lowest BCUT2D eigenvalue weighted by atomic mass is 10.1. The van der Waals surface area contributed by atoms with Crippen molar-refractivity contribution in [2.24, 2.45) is 0 Å². The van der Waals surface area contributed by atoms with Gasteiger partial charge in [0.25, 0.3) is 11.8 Å². The number of amides is 2. The van der Waals surface area contributed by atoms with Crippen molar-refractivity contribution >= 4 is 46.2 Å². The number of rotatable bonds is 5. The maximum absolute atomic E-state index is 13.0. The lowest BCUT2D eigenvalue weighted by Gasteiger charge is -2.27. The number of likely N-dealkylation sites (N-methyl/N-ethyl adjacent to an activating group) is 1. The summed E-state index contributed by atoms with van der Waals surface area (Å²) in [6.07, 6.45) is 4.67. The van der Waals surface area contributed by atoms with Crippen molar-refractivity contribution in [1.29, 1.82) is 0 Å². The molecule has 0 bridgehead atoms. The van der Waals surface area contributed by atoms with Crippen LogP contribution in [-0.4, -0.2) is 30.4 Å². The van der Waals surface area contributed by atoms with Crippen molar-refractivity contribution in [3.05, 3.63) is 100 Å². The number of nitrogens with one attached hydrogen (secondary N) is 2. The number of carbonyl (C=O) groups is 2. The Hall–Kier alpha value is -3.77. The molecule has 0 atom stereocenters. The van der Waals surface area contributed by atoms with E-state index in [9.17, 15) is 9.59 Å². The third kappa shape index (κ3) is 4.24. The maximum atomic E-state index is 13.0. The van der Waals surface area contributed by atoms with Crippen molar-refractivity contribution < 1.29 is 9.59 Å². The largest absolute Gasteiger partial charge is 0.361 e. The maximum Gasteiger partial charge on any atom is 0.264 e. The number of thioether (sulfide) groups is 1. The first-order valence-electron chi connectivity index (χ1n) is 11.2. The Morgan fingerprint density at radius 1 is 1.09 bits per heavy atom. The summed E-state index contributed by atoms with van der Waals surface area (Å²) in [6, 6.07) is 21.7. The molecule has 5 rings (SSSR count). The first-order valence-corrected chi connectivity index (χ1v) is 12.0. The summed E-state index contributed by atoms with van der Waals surface area (Å²) in [6.45, 7) is 2.57. The Balaban J connectivity index is 1.30. The quantitative estimate of drug-likeness (QED) is 0.378. The van der Waals surface area contributed by atoms with Crippen LogP contribution < -0.4 is 10.2 Å². The van der Waals surface area contributed by atoms with Gasteiger partial charge in [0.1, 0.15) is 0 Å². The van der Waals surface area contributed by atoms with Gasteiger partial charge in [0.2, 0.25) is 0 Å². The highest BCUT2D eigenvalue weighted by Gasteiger charge is 2.27. The molecule has 34 heavy (non-hydrogen) atoms. The zero-order chi connectivity index (χ0) is 23.7. The third-order valence-corrected chi connectivity index (χ3v) is 7.23. The molecule has 2 heterocycles. The average Bonchev–Trinajstić information content (AvgIpc) is 3.26. The normalized spacial score (nSPS) is 14.5. The molecule has 5 nitrogen and oxygen atoms in total. The first-order chi connectivity index (χ1) is 16.5. The number of fused-ring (bicyclic) bond motifs is 2. The van der Waals surface area contributed by atoms with Crippen LogP contribution in [0.15, 0.2) is 82.7 Å². The molecule has 6 heteroatoms. The highest BCUT2D eigenvalue weighted by atomic mass is 32.2. The Morgan fingerprint density at radius 3 is 2.74 bits per heavy atom. The molecule has 1 aromatic heterocycles. The second-order valence-corrected chi connectivity index (χ2v) is 9.46. The number of hydrogen-bond donors (Lipinski definition) is 2. The second kappa shape index (κ2) is 9.23. The van der Waals surface area contributed by atoms with Gasteiger partial charge in [0, 0.05) is 41.2 Å². The average molecular weight is 468 g/mol. The molecule has 2 amide bonds. The number of anilines is 1. The SMILES string of the molecule is Cc1ccccc1C=C1Sc2ccc(C(=O)NCCc3c[nH]c4ccccc34)cc2N(C)C1=O. The van der Waals surface area contributed by atoms with Gasteiger partial charge in [-0.3, -0.25) is 9.59 Å².